The molecule has 0 radical (unpaired) electrons. The monoisotopic (exact) mass is 351 g/mol. The van der Waals surface area contributed by atoms with Gasteiger partial charge in [-0.15, -0.1) is 0 Å². The third-order valence-electron chi connectivity index (χ3n) is 2.41. The fourth-order valence-electron chi connectivity index (χ4n) is 1.38. The summed E-state index contributed by atoms with van der Waals surface area (Å²) in [6.45, 7) is 2.97. The molecule has 0 aliphatic carbocycles. The number of benzene rings is 1. The van der Waals surface area contributed by atoms with Crippen LogP contribution < -0.4 is 5.32 Å². The Kier molecular flexibility index (Phi) is 5.84. The molecular formula is C12H15FINO2. The summed E-state index contributed by atoms with van der Waals surface area (Å²) in [5, 5.41) is 3.11. The maximum atomic E-state index is 13.0. The van der Waals surface area contributed by atoms with Gasteiger partial charge < -0.3 is 10.1 Å². The highest BCUT2D eigenvalue weighted by Crippen LogP contribution is 2.10. The average molecular weight is 351 g/mol. The Morgan fingerprint density at radius 3 is 2.94 bits per heavy atom. The summed E-state index contributed by atoms with van der Waals surface area (Å²) in [6, 6.07) is 4.69. The highest BCUT2D eigenvalue weighted by molar-refractivity contribution is 14.1. The van der Waals surface area contributed by atoms with Crippen LogP contribution in [0.15, 0.2) is 18.2 Å². The summed E-state index contributed by atoms with van der Waals surface area (Å²) < 4.78 is 17.4. The number of hydrogen-bond donors (Lipinski definition) is 1. The predicted molar refractivity (Wildman–Crippen MR) is 72.7 cm³/mol. The van der Waals surface area contributed by atoms with Crippen molar-refractivity contribution >= 4 is 28.6 Å². The van der Waals surface area contributed by atoms with E-state index in [1.165, 1.54) is 19.2 Å². The summed E-state index contributed by atoms with van der Waals surface area (Å²) in [4.78, 5) is 11.1. The zero-order valence-corrected chi connectivity index (χ0v) is 12.0. The van der Waals surface area contributed by atoms with Crippen molar-refractivity contribution in [3.63, 3.8) is 0 Å². The second kappa shape index (κ2) is 6.90. The van der Waals surface area contributed by atoms with Gasteiger partial charge in [-0.25, -0.2) is 4.39 Å². The Morgan fingerprint density at radius 1 is 1.59 bits per heavy atom. The van der Waals surface area contributed by atoms with Crippen LogP contribution in [-0.2, 0) is 16.1 Å². The van der Waals surface area contributed by atoms with E-state index in [0.717, 1.165) is 11.1 Å². The van der Waals surface area contributed by atoms with Crippen LogP contribution in [0.3, 0.4) is 0 Å². The van der Waals surface area contributed by atoms with Gasteiger partial charge in [0.15, 0.2) is 0 Å². The summed E-state index contributed by atoms with van der Waals surface area (Å²) in [7, 11) is 1.37. The zero-order chi connectivity index (χ0) is 12.8. The molecule has 17 heavy (non-hydrogen) atoms. The van der Waals surface area contributed by atoms with Crippen molar-refractivity contribution in [2.45, 2.75) is 17.4 Å². The molecule has 0 spiro atoms. The van der Waals surface area contributed by atoms with E-state index in [0.29, 0.717) is 13.1 Å². The second-order valence-corrected chi connectivity index (χ2v) is 5.20. The van der Waals surface area contributed by atoms with E-state index in [1.807, 2.05) is 29.5 Å². The van der Waals surface area contributed by atoms with E-state index >= 15 is 0 Å². The number of alkyl halides is 1. The molecule has 1 aromatic rings. The molecule has 0 saturated carbocycles. The molecular weight excluding hydrogens is 336 g/mol. The Balaban J connectivity index is 2.45. The maximum absolute atomic E-state index is 13.0. The SMILES string of the molecule is COC(=O)C(I)CNCc1cc(F)ccc1C. The first-order valence-corrected chi connectivity index (χ1v) is 6.46. The third kappa shape index (κ3) is 4.59. The van der Waals surface area contributed by atoms with Crippen LogP contribution in [0.5, 0.6) is 0 Å². The quantitative estimate of drug-likeness (QED) is 0.502. The first kappa shape index (κ1) is 14.4. The summed E-state index contributed by atoms with van der Waals surface area (Å²) in [5.41, 5.74) is 1.93. The van der Waals surface area contributed by atoms with Crippen LogP contribution in [0.1, 0.15) is 11.1 Å². The van der Waals surface area contributed by atoms with Gasteiger partial charge in [-0.1, -0.05) is 28.7 Å². The molecule has 94 valence electrons. The highest BCUT2D eigenvalue weighted by Gasteiger charge is 2.14. The molecule has 1 N–H and O–H groups in total. The number of aryl methyl sites for hydroxylation is 1. The average Bonchev–Trinajstić information content (AvgIpc) is 2.32. The van der Waals surface area contributed by atoms with Gasteiger partial charge in [-0.05, 0) is 30.2 Å². The molecule has 1 rings (SSSR count). The van der Waals surface area contributed by atoms with E-state index in [4.69, 9.17) is 0 Å². The molecule has 0 aliphatic heterocycles. The lowest BCUT2D eigenvalue weighted by Gasteiger charge is -2.10. The van der Waals surface area contributed by atoms with Crippen molar-refractivity contribution in [1.82, 2.24) is 5.32 Å². The van der Waals surface area contributed by atoms with Gasteiger partial charge in [0.05, 0.1) is 7.11 Å². The lowest BCUT2D eigenvalue weighted by Crippen LogP contribution is -2.29. The Morgan fingerprint density at radius 2 is 2.29 bits per heavy atom. The lowest BCUT2D eigenvalue weighted by atomic mass is 10.1. The van der Waals surface area contributed by atoms with Gasteiger partial charge in [0, 0.05) is 13.1 Å². The minimum absolute atomic E-state index is 0.230. The second-order valence-electron chi connectivity index (χ2n) is 3.69. The van der Waals surface area contributed by atoms with Crippen molar-refractivity contribution in [3.05, 3.63) is 35.1 Å². The Bertz CT molecular complexity index is 398. The standard InChI is InChI=1S/C12H15FINO2/c1-8-3-4-10(13)5-9(8)6-15-7-11(14)12(16)17-2/h3-5,11,15H,6-7H2,1-2H3. The van der Waals surface area contributed by atoms with E-state index in [1.54, 1.807) is 6.07 Å². The fraction of sp³-hybridized carbons (Fsp3) is 0.417. The van der Waals surface area contributed by atoms with Gasteiger partial charge in [0.25, 0.3) is 0 Å². The summed E-state index contributed by atoms with van der Waals surface area (Å²) in [5.74, 6) is -0.500. The fourth-order valence-corrected chi connectivity index (χ4v) is 1.94. The topological polar surface area (TPSA) is 38.3 Å². The summed E-state index contributed by atoms with van der Waals surface area (Å²) in [6.07, 6.45) is 0. The molecule has 0 amide bonds. The minimum atomic E-state index is -0.255. The molecule has 3 nitrogen and oxygen atoms in total. The van der Waals surface area contributed by atoms with Crippen molar-refractivity contribution in [3.8, 4) is 0 Å². The van der Waals surface area contributed by atoms with Crippen LogP contribution >= 0.6 is 22.6 Å². The van der Waals surface area contributed by atoms with E-state index < -0.39 is 0 Å². The molecule has 1 atom stereocenters. The molecule has 0 bridgehead atoms. The molecule has 0 aromatic heterocycles. The van der Waals surface area contributed by atoms with Gasteiger partial charge in [0.1, 0.15) is 9.74 Å². The van der Waals surface area contributed by atoms with E-state index in [-0.39, 0.29) is 15.7 Å². The number of ether oxygens (including phenoxy) is 1. The predicted octanol–water partition coefficient (Wildman–Crippen LogP) is 2.20. The van der Waals surface area contributed by atoms with E-state index in [9.17, 15) is 9.18 Å². The largest absolute Gasteiger partial charge is 0.468 e. The number of hydrogen-bond acceptors (Lipinski definition) is 3. The highest BCUT2D eigenvalue weighted by atomic mass is 127. The lowest BCUT2D eigenvalue weighted by molar-refractivity contribution is -0.139. The zero-order valence-electron chi connectivity index (χ0n) is 9.80. The van der Waals surface area contributed by atoms with Crippen LogP contribution in [0.25, 0.3) is 0 Å². The van der Waals surface area contributed by atoms with Crippen LogP contribution in [0, 0.1) is 12.7 Å². The van der Waals surface area contributed by atoms with Gasteiger partial charge in [-0.2, -0.15) is 0 Å². The van der Waals surface area contributed by atoms with Gasteiger partial charge in [-0.3, -0.25) is 4.79 Å². The molecule has 5 heteroatoms. The smallest absolute Gasteiger partial charge is 0.319 e. The third-order valence-corrected chi connectivity index (χ3v) is 3.36. The number of carbonyl (C=O) groups excluding carboxylic acids is 1. The molecule has 0 fully saturated rings. The number of nitrogens with one attached hydrogen (secondary N) is 1. The number of rotatable bonds is 5. The number of methoxy groups -OCH3 is 1. The van der Waals surface area contributed by atoms with Crippen molar-refractivity contribution in [1.29, 1.82) is 0 Å². The Labute approximate surface area is 114 Å². The van der Waals surface area contributed by atoms with Crippen LogP contribution in [0.4, 0.5) is 4.39 Å². The normalized spacial score (nSPS) is 12.2. The minimum Gasteiger partial charge on any atom is -0.468 e. The Hall–Kier alpha value is -0.690. The van der Waals surface area contributed by atoms with Crippen LogP contribution in [-0.4, -0.2) is 23.5 Å². The number of halogens is 2. The first-order valence-electron chi connectivity index (χ1n) is 5.22. The molecule has 1 unspecified atom stereocenters. The van der Waals surface area contributed by atoms with Crippen molar-refractivity contribution in [2.75, 3.05) is 13.7 Å². The molecule has 0 aliphatic rings. The van der Waals surface area contributed by atoms with E-state index in [2.05, 4.69) is 10.1 Å². The number of carbonyl (C=O) groups is 1. The van der Waals surface area contributed by atoms with Gasteiger partial charge in [0.2, 0.25) is 0 Å². The molecule has 0 saturated heterocycles. The number of esters is 1. The first-order chi connectivity index (χ1) is 8.04. The molecule has 0 heterocycles. The molecule has 1 aromatic carbocycles. The summed E-state index contributed by atoms with van der Waals surface area (Å²) >= 11 is 2.01. The van der Waals surface area contributed by atoms with Gasteiger partial charge >= 0.3 is 5.97 Å². The van der Waals surface area contributed by atoms with Crippen molar-refractivity contribution < 1.29 is 13.9 Å². The van der Waals surface area contributed by atoms with Crippen molar-refractivity contribution in [2.24, 2.45) is 0 Å². The van der Waals surface area contributed by atoms with Crippen LogP contribution in [0.2, 0.25) is 0 Å². The maximum Gasteiger partial charge on any atom is 0.319 e.